The maximum absolute atomic E-state index is 12.9. The van der Waals surface area contributed by atoms with E-state index >= 15 is 0 Å². The van der Waals surface area contributed by atoms with E-state index in [1.165, 1.54) is 4.90 Å². The van der Waals surface area contributed by atoms with Gasteiger partial charge in [0.25, 0.3) is 0 Å². The number of carbonyl (C=O) groups excluding carboxylic acids is 3. The summed E-state index contributed by atoms with van der Waals surface area (Å²) in [6, 6.07) is -1.06. The highest BCUT2D eigenvalue weighted by Crippen LogP contribution is 2.37. The molecule has 138 valence electrons. The van der Waals surface area contributed by atoms with Crippen LogP contribution >= 0.6 is 0 Å². The number of likely N-dealkylation sites (tertiary alicyclic amines) is 1. The van der Waals surface area contributed by atoms with Gasteiger partial charge in [0.05, 0.1) is 24.0 Å². The summed E-state index contributed by atoms with van der Waals surface area (Å²) >= 11 is 0. The Morgan fingerprint density at radius 3 is 2.28 bits per heavy atom. The van der Waals surface area contributed by atoms with E-state index in [0.717, 1.165) is 12.8 Å². The highest BCUT2D eigenvalue weighted by atomic mass is 16.3. The number of imide groups is 1. The van der Waals surface area contributed by atoms with Gasteiger partial charge in [-0.3, -0.25) is 19.3 Å². The van der Waals surface area contributed by atoms with Gasteiger partial charge in [0.15, 0.2) is 0 Å². The van der Waals surface area contributed by atoms with Crippen LogP contribution in [0.2, 0.25) is 0 Å². The van der Waals surface area contributed by atoms with Gasteiger partial charge in [0, 0.05) is 0 Å². The molecule has 0 aromatic carbocycles. The summed E-state index contributed by atoms with van der Waals surface area (Å²) in [6.45, 7) is 3.95. The maximum atomic E-state index is 12.9. The summed E-state index contributed by atoms with van der Waals surface area (Å²) in [5, 5.41) is 12.9. The highest BCUT2D eigenvalue weighted by Gasteiger charge is 2.51. The second kappa shape index (κ2) is 7.28. The minimum absolute atomic E-state index is 0.172. The molecule has 2 N–H and O–H groups in total. The fourth-order valence-electron chi connectivity index (χ4n) is 4.30. The molecule has 6 nitrogen and oxygen atoms in total. The second-order valence-corrected chi connectivity index (χ2v) is 7.96. The van der Waals surface area contributed by atoms with Crippen LogP contribution in [0.15, 0.2) is 12.2 Å². The molecule has 3 amide bonds. The monoisotopic (exact) mass is 348 g/mol. The molecular formula is C19H28N2O4. The van der Waals surface area contributed by atoms with E-state index < -0.39 is 12.1 Å². The van der Waals surface area contributed by atoms with Crippen molar-refractivity contribution >= 4 is 17.7 Å². The van der Waals surface area contributed by atoms with Crippen molar-refractivity contribution < 1.29 is 19.5 Å². The fourth-order valence-corrected chi connectivity index (χ4v) is 4.30. The molecule has 3 aliphatic rings. The number of allylic oxidation sites excluding steroid dienone is 2. The lowest BCUT2D eigenvalue weighted by Crippen LogP contribution is -2.53. The Balaban J connectivity index is 1.79. The molecule has 5 atom stereocenters. The topological polar surface area (TPSA) is 86.7 Å². The van der Waals surface area contributed by atoms with Gasteiger partial charge in [-0.1, -0.05) is 26.0 Å². The zero-order valence-corrected chi connectivity index (χ0v) is 15.0. The average Bonchev–Trinajstić information content (AvgIpc) is 3.08. The second-order valence-electron chi connectivity index (χ2n) is 7.96. The van der Waals surface area contributed by atoms with E-state index in [4.69, 9.17) is 0 Å². The van der Waals surface area contributed by atoms with E-state index in [1.54, 1.807) is 0 Å². The van der Waals surface area contributed by atoms with Crippen LogP contribution in [0.1, 0.15) is 52.4 Å². The van der Waals surface area contributed by atoms with Crippen LogP contribution in [0.3, 0.4) is 0 Å². The summed E-state index contributed by atoms with van der Waals surface area (Å²) in [5.41, 5.74) is 0. The van der Waals surface area contributed by atoms with Gasteiger partial charge < -0.3 is 10.4 Å². The normalized spacial score (nSPS) is 33.0. The molecule has 0 unspecified atom stereocenters. The minimum atomic E-state index is -0.779. The Bertz CT molecular complexity index is 560. The Labute approximate surface area is 148 Å². The van der Waals surface area contributed by atoms with Crippen LogP contribution in [0.5, 0.6) is 0 Å². The van der Waals surface area contributed by atoms with Crippen LogP contribution in [0.25, 0.3) is 0 Å². The van der Waals surface area contributed by atoms with Gasteiger partial charge >= 0.3 is 0 Å². The molecule has 0 bridgehead atoms. The first-order valence-electron chi connectivity index (χ1n) is 9.40. The van der Waals surface area contributed by atoms with E-state index in [1.807, 2.05) is 26.0 Å². The van der Waals surface area contributed by atoms with Crippen molar-refractivity contribution in [3.8, 4) is 0 Å². The lowest BCUT2D eigenvalue weighted by molar-refractivity contribution is -0.148. The smallest absolute Gasteiger partial charge is 0.243 e. The van der Waals surface area contributed by atoms with Crippen molar-refractivity contribution in [1.29, 1.82) is 0 Å². The Morgan fingerprint density at radius 1 is 1.20 bits per heavy atom. The number of hydrogen-bond acceptors (Lipinski definition) is 4. The third-order valence-corrected chi connectivity index (χ3v) is 5.66. The van der Waals surface area contributed by atoms with Crippen molar-refractivity contribution in [1.82, 2.24) is 10.2 Å². The first-order chi connectivity index (χ1) is 11.9. The third-order valence-electron chi connectivity index (χ3n) is 5.66. The predicted octanol–water partition coefficient (Wildman–Crippen LogP) is 1.38. The van der Waals surface area contributed by atoms with E-state index in [0.29, 0.717) is 25.7 Å². The zero-order valence-electron chi connectivity index (χ0n) is 15.0. The molecule has 1 saturated heterocycles. The fraction of sp³-hybridized carbons (Fsp3) is 0.737. The summed E-state index contributed by atoms with van der Waals surface area (Å²) in [4.78, 5) is 39.7. The number of hydrogen-bond donors (Lipinski definition) is 2. The lowest BCUT2D eigenvalue weighted by atomic mass is 9.85. The van der Waals surface area contributed by atoms with Crippen molar-refractivity contribution in [2.24, 2.45) is 17.8 Å². The Morgan fingerprint density at radius 2 is 1.80 bits per heavy atom. The van der Waals surface area contributed by atoms with Gasteiger partial charge in [-0.25, -0.2) is 0 Å². The number of carbonyl (C=O) groups is 3. The quantitative estimate of drug-likeness (QED) is 0.580. The van der Waals surface area contributed by atoms with E-state index in [9.17, 15) is 19.5 Å². The molecule has 1 aliphatic heterocycles. The molecule has 1 saturated carbocycles. The SMILES string of the molecule is CC(C)C[C@H](C(=O)N[C@@H]1CCC[C@H]1O)N1C(=O)[C@H]2CC=CC[C@H]2C1=O. The van der Waals surface area contributed by atoms with Gasteiger partial charge in [0.1, 0.15) is 6.04 Å². The molecular weight excluding hydrogens is 320 g/mol. The minimum Gasteiger partial charge on any atom is -0.391 e. The highest BCUT2D eigenvalue weighted by molar-refractivity contribution is 6.08. The van der Waals surface area contributed by atoms with Gasteiger partial charge in [-0.15, -0.1) is 0 Å². The first kappa shape index (κ1) is 18.1. The number of nitrogens with one attached hydrogen (secondary N) is 1. The largest absolute Gasteiger partial charge is 0.391 e. The van der Waals surface area contributed by atoms with Gasteiger partial charge in [0.2, 0.25) is 17.7 Å². The number of aliphatic hydroxyl groups is 1. The van der Waals surface area contributed by atoms with E-state index in [2.05, 4.69) is 5.32 Å². The number of amides is 3. The standard InChI is InChI=1S/C19H28N2O4/c1-11(2)10-15(17(23)20-14-8-5-9-16(14)22)21-18(24)12-6-3-4-7-13(12)19(21)25/h3-4,11-16,22H,5-10H2,1-2H3,(H,20,23)/t12-,13+,14-,15-,16-/m1/s1. The van der Waals surface area contributed by atoms with Crippen LogP contribution < -0.4 is 5.32 Å². The van der Waals surface area contributed by atoms with Crippen molar-refractivity contribution in [2.75, 3.05) is 0 Å². The van der Waals surface area contributed by atoms with Gasteiger partial charge in [-0.2, -0.15) is 0 Å². The number of nitrogens with zero attached hydrogens (tertiary/aromatic N) is 1. The summed E-state index contributed by atoms with van der Waals surface area (Å²) < 4.78 is 0. The van der Waals surface area contributed by atoms with Crippen LogP contribution in [0.4, 0.5) is 0 Å². The zero-order chi connectivity index (χ0) is 18.1. The molecule has 0 aromatic heterocycles. The molecule has 1 heterocycles. The number of aliphatic hydroxyl groups excluding tert-OH is 1. The van der Waals surface area contributed by atoms with Crippen LogP contribution in [-0.2, 0) is 14.4 Å². The maximum Gasteiger partial charge on any atom is 0.243 e. The van der Waals surface area contributed by atoms with Gasteiger partial charge in [-0.05, 0) is 44.4 Å². The van der Waals surface area contributed by atoms with Crippen LogP contribution in [0, 0.1) is 17.8 Å². The predicted molar refractivity (Wildman–Crippen MR) is 92.2 cm³/mol. The number of fused-ring (bicyclic) bond motifs is 1. The summed E-state index contributed by atoms with van der Waals surface area (Å²) in [6.07, 6.45) is 7.23. The molecule has 0 radical (unpaired) electrons. The molecule has 2 fully saturated rings. The third kappa shape index (κ3) is 3.50. The first-order valence-corrected chi connectivity index (χ1v) is 9.40. The van der Waals surface area contributed by atoms with Crippen LogP contribution in [-0.4, -0.2) is 45.9 Å². The average molecular weight is 348 g/mol. The Hall–Kier alpha value is -1.69. The molecule has 0 aromatic rings. The van der Waals surface area contributed by atoms with Crippen molar-refractivity contribution in [3.63, 3.8) is 0 Å². The summed E-state index contributed by atoms with van der Waals surface area (Å²) in [5.74, 6) is -1.22. The molecule has 6 heteroatoms. The summed E-state index contributed by atoms with van der Waals surface area (Å²) in [7, 11) is 0. The van der Waals surface area contributed by atoms with Crippen molar-refractivity contribution in [3.05, 3.63) is 12.2 Å². The van der Waals surface area contributed by atoms with Crippen molar-refractivity contribution in [2.45, 2.75) is 70.6 Å². The molecule has 0 spiro atoms. The number of rotatable bonds is 5. The molecule has 3 rings (SSSR count). The van der Waals surface area contributed by atoms with E-state index in [-0.39, 0.29) is 41.5 Å². The molecule has 2 aliphatic carbocycles. The Kier molecular flexibility index (Phi) is 5.27. The molecule has 25 heavy (non-hydrogen) atoms. The lowest BCUT2D eigenvalue weighted by Gasteiger charge is -2.29.